The highest BCUT2D eigenvalue weighted by Crippen LogP contribution is 2.16. The molecule has 5 nitrogen and oxygen atoms in total. The second-order valence-corrected chi connectivity index (χ2v) is 3.33. The van der Waals surface area contributed by atoms with Crippen LogP contribution in [0.15, 0.2) is 29.8 Å². The maximum atomic E-state index is 11.2. The van der Waals surface area contributed by atoms with Crippen LogP contribution >= 0.6 is 0 Å². The van der Waals surface area contributed by atoms with Crippen LogP contribution in [0.1, 0.15) is 12.5 Å². The van der Waals surface area contributed by atoms with E-state index in [4.69, 9.17) is 10.00 Å². The molecule has 0 saturated carbocycles. The minimum Gasteiger partial charge on any atom is -0.465 e. The topological polar surface area (TPSA) is 76.4 Å². The Morgan fingerprint density at radius 1 is 1.39 bits per heavy atom. The second-order valence-electron chi connectivity index (χ2n) is 3.33. The summed E-state index contributed by atoms with van der Waals surface area (Å²) in [5.74, 6) is -0.807. The number of esters is 2. The molecule has 5 heteroatoms. The maximum Gasteiger partial charge on any atom is 0.348 e. The molecule has 0 unspecified atom stereocenters. The van der Waals surface area contributed by atoms with Crippen molar-refractivity contribution in [2.45, 2.75) is 6.92 Å². The Balaban J connectivity index is 3.03. The monoisotopic (exact) mass is 245 g/mol. The van der Waals surface area contributed by atoms with Gasteiger partial charge < -0.3 is 9.47 Å². The van der Waals surface area contributed by atoms with E-state index < -0.39 is 11.9 Å². The summed E-state index contributed by atoms with van der Waals surface area (Å²) in [6.45, 7) is 1.29. The fourth-order valence-corrected chi connectivity index (χ4v) is 1.25. The first kappa shape index (κ1) is 13.5. The lowest BCUT2D eigenvalue weighted by atomic mass is 10.1. The molecule has 0 aliphatic rings. The van der Waals surface area contributed by atoms with Crippen molar-refractivity contribution in [2.24, 2.45) is 0 Å². The Bertz CT molecular complexity index is 540. The Morgan fingerprint density at radius 2 is 2.11 bits per heavy atom. The van der Waals surface area contributed by atoms with Gasteiger partial charge in [-0.3, -0.25) is 4.79 Å². The van der Waals surface area contributed by atoms with E-state index in [1.807, 2.05) is 0 Å². The number of ether oxygens (including phenoxy) is 2. The number of nitriles is 1. The number of nitrogens with zero attached hydrogens (tertiary/aromatic N) is 1. The van der Waals surface area contributed by atoms with E-state index in [1.54, 1.807) is 30.3 Å². The van der Waals surface area contributed by atoms with E-state index >= 15 is 0 Å². The zero-order chi connectivity index (χ0) is 13.5. The van der Waals surface area contributed by atoms with Gasteiger partial charge in [0.15, 0.2) is 0 Å². The van der Waals surface area contributed by atoms with Gasteiger partial charge in [-0.2, -0.15) is 5.26 Å². The fraction of sp³-hybridized carbons (Fsp3) is 0.154. The number of carbonyl (C=O) groups excluding carboxylic acids is 2. The minimum absolute atomic E-state index is 0.127. The molecule has 0 aliphatic carbocycles. The molecule has 0 bridgehead atoms. The summed E-state index contributed by atoms with van der Waals surface area (Å²) in [6, 6.07) is 8.21. The summed E-state index contributed by atoms with van der Waals surface area (Å²) in [7, 11) is 1.20. The number of hydrogen-bond acceptors (Lipinski definition) is 5. The molecule has 0 atom stereocenters. The van der Waals surface area contributed by atoms with Gasteiger partial charge in [0.05, 0.1) is 7.11 Å². The molecule has 1 aromatic carbocycles. The summed E-state index contributed by atoms with van der Waals surface area (Å²) in [5, 5.41) is 8.80. The number of carbonyl (C=O) groups is 2. The third-order valence-corrected chi connectivity index (χ3v) is 1.96. The summed E-state index contributed by atoms with van der Waals surface area (Å²) < 4.78 is 9.34. The summed E-state index contributed by atoms with van der Waals surface area (Å²) in [6.07, 6.45) is 1.36. The van der Waals surface area contributed by atoms with Crippen LogP contribution in [0.3, 0.4) is 0 Å². The van der Waals surface area contributed by atoms with Crippen molar-refractivity contribution in [3.05, 3.63) is 35.4 Å². The normalized spacial score (nSPS) is 10.4. The molecule has 0 saturated heterocycles. The molecular formula is C13H11NO4. The summed E-state index contributed by atoms with van der Waals surface area (Å²) in [4.78, 5) is 22.0. The molecular weight excluding hydrogens is 234 g/mol. The first-order valence-corrected chi connectivity index (χ1v) is 5.05. The van der Waals surface area contributed by atoms with E-state index in [0.29, 0.717) is 11.3 Å². The lowest BCUT2D eigenvalue weighted by Crippen LogP contribution is -2.03. The average molecular weight is 245 g/mol. The largest absolute Gasteiger partial charge is 0.465 e. The molecule has 0 aliphatic heterocycles. The van der Waals surface area contributed by atoms with Crippen molar-refractivity contribution in [2.75, 3.05) is 7.11 Å². The molecule has 1 rings (SSSR count). The molecule has 1 aromatic rings. The predicted molar refractivity (Wildman–Crippen MR) is 63.4 cm³/mol. The highest BCUT2D eigenvalue weighted by molar-refractivity contribution is 5.97. The molecule has 0 radical (unpaired) electrons. The molecule has 0 fully saturated rings. The van der Waals surface area contributed by atoms with E-state index in [-0.39, 0.29) is 5.57 Å². The van der Waals surface area contributed by atoms with Gasteiger partial charge in [-0.05, 0) is 23.8 Å². The van der Waals surface area contributed by atoms with Crippen LogP contribution in [0.25, 0.3) is 6.08 Å². The van der Waals surface area contributed by atoms with Gasteiger partial charge >= 0.3 is 11.9 Å². The lowest BCUT2D eigenvalue weighted by Gasteiger charge is -2.02. The van der Waals surface area contributed by atoms with E-state index in [0.717, 1.165) is 0 Å². The SMILES string of the molecule is COC(=O)/C(C#N)=C/c1cccc(OC(C)=O)c1. The van der Waals surface area contributed by atoms with Crippen molar-refractivity contribution >= 4 is 18.0 Å². The van der Waals surface area contributed by atoms with Crippen LogP contribution in [0.4, 0.5) is 0 Å². The van der Waals surface area contributed by atoms with Gasteiger partial charge in [-0.15, -0.1) is 0 Å². The quantitative estimate of drug-likeness (QED) is 0.350. The van der Waals surface area contributed by atoms with Crippen LogP contribution in [0.2, 0.25) is 0 Å². The Labute approximate surface area is 104 Å². The summed E-state index contributed by atoms with van der Waals surface area (Å²) in [5.41, 5.74) is 0.438. The zero-order valence-corrected chi connectivity index (χ0v) is 9.97. The maximum absolute atomic E-state index is 11.2. The molecule has 92 valence electrons. The molecule has 0 amide bonds. The highest BCUT2D eigenvalue weighted by atomic mass is 16.5. The summed E-state index contributed by atoms with van der Waals surface area (Å²) >= 11 is 0. The van der Waals surface area contributed by atoms with E-state index in [2.05, 4.69) is 4.74 Å². The Hall–Kier alpha value is -2.61. The van der Waals surface area contributed by atoms with Crippen molar-refractivity contribution in [3.63, 3.8) is 0 Å². The van der Waals surface area contributed by atoms with E-state index in [9.17, 15) is 9.59 Å². The van der Waals surface area contributed by atoms with Crippen LogP contribution in [-0.2, 0) is 14.3 Å². The predicted octanol–water partition coefficient (Wildman–Crippen LogP) is 1.69. The molecule has 0 aromatic heterocycles. The fourth-order valence-electron chi connectivity index (χ4n) is 1.25. The van der Waals surface area contributed by atoms with Crippen molar-refractivity contribution in [3.8, 4) is 11.8 Å². The van der Waals surface area contributed by atoms with Gasteiger partial charge in [-0.25, -0.2) is 4.79 Å². The van der Waals surface area contributed by atoms with Crippen LogP contribution < -0.4 is 4.74 Å². The zero-order valence-electron chi connectivity index (χ0n) is 9.97. The van der Waals surface area contributed by atoms with Gasteiger partial charge in [0, 0.05) is 6.92 Å². The number of rotatable bonds is 3. The smallest absolute Gasteiger partial charge is 0.348 e. The standard InChI is InChI=1S/C13H11NO4/c1-9(15)18-12-5-3-4-10(7-12)6-11(8-14)13(16)17-2/h3-7H,1-2H3/b11-6+. The van der Waals surface area contributed by atoms with Crippen molar-refractivity contribution < 1.29 is 19.1 Å². The third-order valence-electron chi connectivity index (χ3n) is 1.96. The molecule has 0 N–H and O–H groups in total. The average Bonchev–Trinajstić information content (AvgIpc) is 2.34. The first-order chi connectivity index (χ1) is 8.56. The third kappa shape index (κ3) is 3.76. The van der Waals surface area contributed by atoms with Gasteiger partial charge in [-0.1, -0.05) is 12.1 Å². The Morgan fingerprint density at radius 3 is 2.67 bits per heavy atom. The van der Waals surface area contributed by atoms with E-state index in [1.165, 1.54) is 20.1 Å². The van der Waals surface area contributed by atoms with Gasteiger partial charge in [0.2, 0.25) is 0 Å². The minimum atomic E-state index is -0.713. The highest BCUT2D eigenvalue weighted by Gasteiger charge is 2.08. The lowest BCUT2D eigenvalue weighted by molar-refractivity contribution is -0.135. The van der Waals surface area contributed by atoms with Gasteiger partial charge in [0.25, 0.3) is 0 Å². The molecule has 0 spiro atoms. The van der Waals surface area contributed by atoms with Gasteiger partial charge in [0.1, 0.15) is 17.4 Å². The number of benzene rings is 1. The number of hydrogen-bond donors (Lipinski definition) is 0. The van der Waals surface area contributed by atoms with Crippen LogP contribution in [-0.4, -0.2) is 19.0 Å². The van der Waals surface area contributed by atoms with Crippen molar-refractivity contribution in [1.29, 1.82) is 5.26 Å². The Kier molecular flexibility index (Phi) is 4.64. The van der Waals surface area contributed by atoms with Crippen LogP contribution in [0, 0.1) is 11.3 Å². The number of methoxy groups -OCH3 is 1. The van der Waals surface area contributed by atoms with Crippen molar-refractivity contribution in [1.82, 2.24) is 0 Å². The van der Waals surface area contributed by atoms with Crippen LogP contribution in [0.5, 0.6) is 5.75 Å². The molecule has 18 heavy (non-hydrogen) atoms. The molecule has 0 heterocycles. The first-order valence-electron chi connectivity index (χ1n) is 5.05. The second kappa shape index (κ2) is 6.21.